The molecule has 0 aromatic carbocycles. The van der Waals surface area contributed by atoms with Crippen LogP contribution in [0.3, 0.4) is 0 Å². The fourth-order valence-electron chi connectivity index (χ4n) is 2.95. The van der Waals surface area contributed by atoms with Crippen molar-refractivity contribution in [2.24, 2.45) is 23.7 Å². The predicted molar refractivity (Wildman–Crippen MR) is 64.4 cm³/mol. The highest BCUT2D eigenvalue weighted by atomic mass is 14.4. The van der Waals surface area contributed by atoms with Gasteiger partial charge in [0.2, 0.25) is 0 Å². The maximum atomic E-state index is 2.46. The molecule has 4 unspecified atom stereocenters. The Morgan fingerprint density at radius 1 is 1.00 bits per heavy atom. The molecule has 0 radical (unpaired) electrons. The average molecular weight is 196 g/mol. The Morgan fingerprint density at radius 3 is 2.07 bits per heavy atom. The van der Waals surface area contributed by atoms with Crippen LogP contribution in [0, 0.1) is 23.7 Å². The summed E-state index contributed by atoms with van der Waals surface area (Å²) in [6, 6.07) is 0. The van der Waals surface area contributed by atoms with Crippen molar-refractivity contribution in [2.45, 2.75) is 66.2 Å². The van der Waals surface area contributed by atoms with E-state index in [1.54, 1.807) is 0 Å². The maximum Gasteiger partial charge on any atom is -0.0383 e. The van der Waals surface area contributed by atoms with Crippen molar-refractivity contribution in [1.82, 2.24) is 0 Å². The molecule has 84 valence electrons. The van der Waals surface area contributed by atoms with Gasteiger partial charge in [-0.15, -0.1) is 0 Å². The molecule has 0 spiro atoms. The third-order valence-electron chi connectivity index (χ3n) is 4.31. The lowest BCUT2D eigenvalue weighted by Crippen LogP contribution is -2.27. The first-order valence-electron chi connectivity index (χ1n) is 6.67. The number of hydrogen-bond donors (Lipinski definition) is 0. The SMILES string of the molecule is CCC(C)CC(C)CC1CCC1CC. The topological polar surface area (TPSA) is 0 Å². The highest BCUT2D eigenvalue weighted by molar-refractivity contribution is 4.81. The minimum absolute atomic E-state index is 0.935. The molecule has 0 saturated heterocycles. The maximum absolute atomic E-state index is 2.46. The Bertz CT molecular complexity index is 148. The summed E-state index contributed by atoms with van der Waals surface area (Å²) in [5, 5.41) is 0. The zero-order valence-corrected chi connectivity index (χ0v) is 10.6. The van der Waals surface area contributed by atoms with E-state index in [-0.39, 0.29) is 0 Å². The van der Waals surface area contributed by atoms with Crippen LogP contribution in [0.25, 0.3) is 0 Å². The smallest absolute Gasteiger partial charge is 0.0383 e. The van der Waals surface area contributed by atoms with E-state index in [4.69, 9.17) is 0 Å². The van der Waals surface area contributed by atoms with E-state index in [0.29, 0.717) is 0 Å². The standard InChI is InChI=1S/C14H28/c1-5-11(3)9-12(4)10-14-8-7-13(14)6-2/h11-14H,5-10H2,1-4H3. The van der Waals surface area contributed by atoms with Crippen molar-refractivity contribution in [3.05, 3.63) is 0 Å². The summed E-state index contributed by atoms with van der Waals surface area (Å²) in [6.45, 7) is 9.53. The van der Waals surface area contributed by atoms with Gasteiger partial charge in [-0.1, -0.05) is 40.5 Å². The Hall–Kier alpha value is 0. The van der Waals surface area contributed by atoms with Crippen LogP contribution >= 0.6 is 0 Å². The van der Waals surface area contributed by atoms with Gasteiger partial charge in [0.25, 0.3) is 0 Å². The summed E-state index contributed by atoms with van der Waals surface area (Å²) >= 11 is 0. The lowest BCUT2D eigenvalue weighted by Gasteiger charge is -2.38. The molecule has 4 atom stereocenters. The van der Waals surface area contributed by atoms with Gasteiger partial charge in [0.15, 0.2) is 0 Å². The summed E-state index contributed by atoms with van der Waals surface area (Å²) in [6.07, 6.45) is 8.75. The van der Waals surface area contributed by atoms with E-state index in [1.165, 1.54) is 38.5 Å². The van der Waals surface area contributed by atoms with Gasteiger partial charge in [-0.25, -0.2) is 0 Å². The number of rotatable bonds is 6. The van der Waals surface area contributed by atoms with E-state index in [9.17, 15) is 0 Å². The molecule has 0 N–H and O–H groups in total. The molecule has 14 heavy (non-hydrogen) atoms. The van der Waals surface area contributed by atoms with E-state index in [2.05, 4.69) is 27.7 Å². The van der Waals surface area contributed by atoms with Gasteiger partial charge in [-0.05, 0) is 49.4 Å². The van der Waals surface area contributed by atoms with Crippen molar-refractivity contribution >= 4 is 0 Å². The molecule has 0 aromatic heterocycles. The summed E-state index contributed by atoms with van der Waals surface area (Å²) in [4.78, 5) is 0. The van der Waals surface area contributed by atoms with Crippen LogP contribution in [0.15, 0.2) is 0 Å². The van der Waals surface area contributed by atoms with Crippen molar-refractivity contribution in [1.29, 1.82) is 0 Å². The largest absolute Gasteiger partial charge is 0.0651 e. The molecule has 0 heterocycles. The summed E-state index contributed by atoms with van der Waals surface area (Å²) in [5.74, 6) is 4.06. The third-order valence-corrected chi connectivity index (χ3v) is 4.31. The summed E-state index contributed by atoms with van der Waals surface area (Å²) in [7, 11) is 0. The lowest BCUT2D eigenvalue weighted by atomic mass is 9.68. The van der Waals surface area contributed by atoms with Gasteiger partial charge in [-0.2, -0.15) is 0 Å². The molecule has 1 fully saturated rings. The molecule has 0 aliphatic heterocycles. The van der Waals surface area contributed by atoms with Crippen LogP contribution in [-0.2, 0) is 0 Å². The van der Waals surface area contributed by atoms with Crippen molar-refractivity contribution < 1.29 is 0 Å². The molecule has 0 amide bonds. The fraction of sp³-hybridized carbons (Fsp3) is 1.00. The van der Waals surface area contributed by atoms with Gasteiger partial charge < -0.3 is 0 Å². The van der Waals surface area contributed by atoms with Crippen molar-refractivity contribution in [3.8, 4) is 0 Å². The van der Waals surface area contributed by atoms with Crippen LogP contribution in [-0.4, -0.2) is 0 Å². The average Bonchev–Trinajstić information content (AvgIpc) is 2.13. The van der Waals surface area contributed by atoms with Gasteiger partial charge in [0.05, 0.1) is 0 Å². The van der Waals surface area contributed by atoms with Crippen LogP contribution in [0.1, 0.15) is 66.2 Å². The molecular formula is C14H28. The van der Waals surface area contributed by atoms with Crippen molar-refractivity contribution in [3.63, 3.8) is 0 Å². The second-order valence-electron chi connectivity index (χ2n) is 5.60. The molecule has 0 heteroatoms. The first-order valence-corrected chi connectivity index (χ1v) is 6.67. The Kier molecular flexibility index (Phi) is 4.98. The molecule has 1 aliphatic rings. The minimum atomic E-state index is 0.935. The third kappa shape index (κ3) is 3.29. The quantitative estimate of drug-likeness (QED) is 0.567. The van der Waals surface area contributed by atoms with Crippen LogP contribution in [0.5, 0.6) is 0 Å². The molecule has 1 saturated carbocycles. The lowest BCUT2D eigenvalue weighted by molar-refractivity contribution is 0.132. The minimum Gasteiger partial charge on any atom is -0.0651 e. The van der Waals surface area contributed by atoms with Gasteiger partial charge in [0, 0.05) is 0 Å². The molecule has 1 rings (SSSR count). The highest BCUT2D eigenvalue weighted by Gasteiger charge is 2.30. The second kappa shape index (κ2) is 5.78. The van der Waals surface area contributed by atoms with Crippen molar-refractivity contribution in [2.75, 3.05) is 0 Å². The summed E-state index contributed by atoms with van der Waals surface area (Å²) < 4.78 is 0. The second-order valence-corrected chi connectivity index (χ2v) is 5.60. The highest BCUT2D eigenvalue weighted by Crippen LogP contribution is 2.41. The van der Waals surface area contributed by atoms with Crippen LogP contribution < -0.4 is 0 Å². The monoisotopic (exact) mass is 196 g/mol. The normalized spacial score (nSPS) is 30.9. The van der Waals surface area contributed by atoms with Gasteiger partial charge in [-0.3, -0.25) is 0 Å². The zero-order valence-electron chi connectivity index (χ0n) is 10.6. The molecule has 1 aliphatic carbocycles. The van der Waals surface area contributed by atoms with Gasteiger partial charge in [0.1, 0.15) is 0 Å². The Labute approximate surface area is 90.5 Å². The fourth-order valence-corrected chi connectivity index (χ4v) is 2.95. The predicted octanol–water partition coefficient (Wildman–Crippen LogP) is 4.89. The zero-order chi connectivity index (χ0) is 10.6. The van der Waals surface area contributed by atoms with Gasteiger partial charge >= 0.3 is 0 Å². The van der Waals surface area contributed by atoms with E-state index >= 15 is 0 Å². The van der Waals surface area contributed by atoms with E-state index < -0.39 is 0 Å². The molecule has 0 bridgehead atoms. The molecule has 0 aromatic rings. The Balaban J connectivity index is 2.16. The van der Waals surface area contributed by atoms with E-state index in [0.717, 1.165) is 23.7 Å². The van der Waals surface area contributed by atoms with E-state index in [1.807, 2.05) is 0 Å². The van der Waals surface area contributed by atoms with Crippen LogP contribution in [0.2, 0.25) is 0 Å². The first-order chi connectivity index (χ1) is 6.67. The first kappa shape index (κ1) is 12.1. The molecule has 0 nitrogen and oxygen atoms in total. The number of hydrogen-bond acceptors (Lipinski definition) is 0. The Morgan fingerprint density at radius 2 is 1.64 bits per heavy atom. The van der Waals surface area contributed by atoms with Crippen LogP contribution in [0.4, 0.5) is 0 Å². The summed E-state index contributed by atoms with van der Waals surface area (Å²) in [5.41, 5.74) is 0. The molecular weight excluding hydrogens is 168 g/mol.